The van der Waals surface area contributed by atoms with Crippen molar-refractivity contribution in [3.8, 4) is 0 Å². The Kier molecular flexibility index (Phi) is 13.2. The van der Waals surface area contributed by atoms with Crippen LogP contribution in [0.4, 0.5) is 0 Å². The summed E-state index contributed by atoms with van der Waals surface area (Å²) in [6.07, 6.45) is 22.2. The molecule has 0 aromatic heterocycles. The van der Waals surface area contributed by atoms with E-state index in [-0.39, 0.29) is 24.3 Å². The van der Waals surface area contributed by atoms with Crippen molar-refractivity contribution in [2.45, 2.75) is 96.8 Å². The first-order valence-corrected chi connectivity index (χ1v) is 13.0. The van der Waals surface area contributed by atoms with Crippen molar-refractivity contribution in [2.24, 2.45) is 0 Å². The first-order valence-electron chi connectivity index (χ1n) is 13.0. The lowest BCUT2D eigenvalue weighted by Crippen LogP contribution is -2.40. The molecule has 2 rings (SSSR count). The molecule has 1 heterocycles. The van der Waals surface area contributed by atoms with Gasteiger partial charge >= 0.3 is 0 Å². The van der Waals surface area contributed by atoms with Crippen molar-refractivity contribution < 1.29 is 14.4 Å². The number of hydrogen-bond donors (Lipinski definition) is 1. The van der Waals surface area contributed by atoms with Crippen molar-refractivity contribution in [1.82, 2.24) is 10.2 Å². The summed E-state index contributed by atoms with van der Waals surface area (Å²) >= 11 is 0. The van der Waals surface area contributed by atoms with E-state index in [1.54, 1.807) is 24.3 Å². The molecule has 1 aromatic rings. The van der Waals surface area contributed by atoms with Gasteiger partial charge < -0.3 is 5.32 Å². The summed E-state index contributed by atoms with van der Waals surface area (Å²) in [4.78, 5) is 37.8. The summed E-state index contributed by atoms with van der Waals surface area (Å²) in [7, 11) is 0. The van der Waals surface area contributed by atoms with E-state index in [2.05, 4.69) is 24.4 Å². The second kappa shape index (κ2) is 16.2. The first-order chi connectivity index (χ1) is 16.1. The highest BCUT2D eigenvalue weighted by molar-refractivity contribution is 6.22. The van der Waals surface area contributed by atoms with E-state index in [0.717, 1.165) is 17.7 Å². The monoisotopic (exact) mass is 454 g/mol. The Morgan fingerprint density at radius 3 is 1.79 bits per heavy atom. The lowest BCUT2D eigenvalue weighted by atomic mass is 10.1. The Bertz CT molecular complexity index is 737. The Labute approximate surface area is 200 Å². The molecule has 1 N–H and O–H groups in total. The van der Waals surface area contributed by atoms with Gasteiger partial charge in [0, 0.05) is 6.54 Å². The Morgan fingerprint density at radius 1 is 0.758 bits per heavy atom. The van der Waals surface area contributed by atoms with Gasteiger partial charge in [-0.15, -0.1) is 0 Å². The summed E-state index contributed by atoms with van der Waals surface area (Å²) in [5, 5.41) is 2.83. The molecule has 1 aromatic carbocycles. The van der Waals surface area contributed by atoms with Gasteiger partial charge in [-0.2, -0.15) is 0 Å². The zero-order valence-electron chi connectivity index (χ0n) is 20.4. The number of amides is 3. The van der Waals surface area contributed by atoms with Crippen LogP contribution in [0.3, 0.4) is 0 Å². The van der Waals surface area contributed by atoms with E-state index in [0.29, 0.717) is 17.7 Å². The third kappa shape index (κ3) is 9.93. The topological polar surface area (TPSA) is 66.5 Å². The molecule has 5 heteroatoms. The predicted molar refractivity (Wildman–Crippen MR) is 134 cm³/mol. The van der Waals surface area contributed by atoms with Gasteiger partial charge in [0.1, 0.15) is 6.54 Å². The van der Waals surface area contributed by atoms with Crippen LogP contribution in [0.1, 0.15) is 118 Å². The van der Waals surface area contributed by atoms with E-state index in [4.69, 9.17) is 0 Å². The smallest absolute Gasteiger partial charge is 0.262 e. The fourth-order valence-electron chi connectivity index (χ4n) is 4.18. The van der Waals surface area contributed by atoms with Gasteiger partial charge in [0.05, 0.1) is 11.1 Å². The molecule has 0 saturated carbocycles. The Hall–Kier alpha value is -2.43. The highest BCUT2D eigenvalue weighted by Gasteiger charge is 2.36. The van der Waals surface area contributed by atoms with Gasteiger partial charge in [-0.1, -0.05) is 89.0 Å². The number of fused-ring (bicyclic) bond motifs is 1. The second-order valence-electron chi connectivity index (χ2n) is 9.03. The van der Waals surface area contributed by atoms with Gasteiger partial charge in [0.15, 0.2) is 0 Å². The van der Waals surface area contributed by atoms with Gasteiger partial charge in [0.2, 0.25) is 5.91 Å². The molecule has 0 unspecified atom stereocenters. The number of unbranched alkanes of at least 4 members (excludes halogenated alkanes) is 12. The Morgan fingerprint density at radius 2 is 1.24 bits per heavy atom. The minimum atomic E-state index is -0.386. The molecular formula is C28H42N2O3. The van der Waals surface area contributed by atoms with Crippen LogP contribution < -0.4 is 5.32 Å². The zero-order valence-corrected chi connectivity index (χ0v) is 20.4. The Balaban J connectivity index is 1.40. The fourth-order valence-corrected chi connectivity index (χ4v) is 4.18. The molecule has 0 spiro atoms. The SMILES string of the molecule is CCCCCCCC/C=C\CCCCCCCCNC(=O)CN1C(=O)c2ccccc2C1=O. The summed E-state index contributed by atoms with van der Waals surface area (Å²) in [5.41, 5.74) is 0.757. The minimum Gasteiger partial charge on any atom is -0.355 e. The maximum atomic E-state index is 12.3. The molecule has 1 aliphatic rings. The number of allylic oxidation sites excluding steroid dienone is 2. The average Bonchev–Trinajstić information content (AvgIpc) is 3.06. The number of carbonyl (C=O) groups is 3. The maximum Gasteiger partial charge on any atom is 0.262 e. The van der Waals surface area contributed by atoms with Crippen molar-refractivity contribution in [1.29, 1.82) is 0 Å². The third-order valence-corrected chi connectivity index (χ3v) is 6.19. The van der Waals surface area contributed by atoms with Crippen molar-refractivity contribution >= 4 is 17.7 Å². The molecule has 182 valence electrons. The summed E-state index contributed by atoms with van der Waals surface area (Å²) in [6, 6.07) is 6.70. The van der Waals surface area contributed by atoms with Crippen molar-refractivity contribution in [3.63, 3.8) is 0 Å². The van der Waals surface area contributed by atoms with Crippen molar-refractivity contribution in [3.05, 3.63) is 47.5 Å². The van der Waals surface area contributed by atoms with Crippen LogP contribution in [0.25, 0.3) is 0 Å². The number of imide groups is 1. The van der Waals surface area contributed by atoms with E-state index in [1.165, 1.54) is 77.0 Å². The quantitative estimate of drug-likeness (QED) is 0.158. The highest BCUT2D eigenvalue weighted by atomic mass is 16.2. The summed E-state index contributed by atoms with van der Waals surface area (Å²) in [6.45, 7) is 2.64. The summed E-state index contributed by atoms with van der Waals surface area (Å²) in [5.74, 6) is -1.05. The maximum absolute atomic E-state index is 12.3. The normalized spacial score (nSPS) is 13.2. The van der Waals surface area contributed by atoms with Gasteiger partial charge in [-0.25, -0.2) is 0 Å². The molecule has 0 fully saturated rings. The zero-order chi connectivity index (χ0) is 23.7. The van der Waals surface area contributed by atoms with E-state index in [1.807, 2.05) is 0 Å². The van der Waals surface area contributed by atoms with E-state index >= 15 is 0 Å². The van der Waals surface area contributed by atoms with Gasteiger partial charge in [0.25, 0.3) is 11.8 Å². The molecule has 1 aliphatic heterocycles. The predicted octanol–water partition coefficient (Wildman–Crippen LogP) is 6.44. The van der Waals surface area contributed by atoms with Crippen molar-refractivity contribution in [2.75, 3.05) is 13.1 Å². The van der Waals surface area contributed by atoms with E-state index < -0.39 is 0 Å². The lowest BCUT2D eigenvalue weighted by Gasteiger charge is -2.13. The molecule has 0 atom stereocenters. The number of carbonyl (C=O) groups excluding carboxylic acids is 3. The molecule has 0 bridgehead atoms. The van der Waals surface area contributed by atoms with Crippen LogP contribution in [0.15, 0.2) is 36.4 Å². The van der Waals surface area contributed by atoms with Crippen LogP contribution in [0.5, 0.6) is 0 Å². The summed E-state index contributed by atoms with van der Waals surface area (Å²) < 4.78 is 0. The number of nitrogens with zero attached hydrogens (tertiary/aromatic N) is 1. The standard InChI is InChI=1S/C28H42N2O3/c1-2-3-4-5-6-7-8-9-10-11-12-13-14-15-16-19-22-29-26(31)23-30-27(32)24-20-17-18-21-25(24)28(30)33/h9-10,17-18,20-21H,2-8,11-16,19,22-23H2,1H3,(H,29,31)/b10-9-. The number of hydrogen-bond acceptors (Lipinski definition) is 3. The molecule has 33 heavy (non-hydrogen) atoms. The number of nitrogens with one attached hydrogen (secondary N) is 1. The number of benzene rings is 1. The van der Waals surface area contributed by atoms with Crippen LogP contribution in [-0.2, 0) is 4.79 Å². The molecule has 0 saturated heterocycles. The average molecular weight is 455 g/mol. The number of rotatable bonds is 18. The van der Waals surface area contributed by atoms with Crippen LogP contribution in [0.2, 0.25) is 0 Å². The molecule has 5 nitrogen and oxygen atoms in total. The van der Waals surface area contributed by atoms with Crippen LogP contribution >= 0.6 is 0 Å². The molecule has 3 amide bonds. The van der Waals surface area contributed by atoms with Gasteiger partial charge in [-0.3, -0.25) is 19.3 Å². The van der Waals surface area contributed by atoms with Gasteiger partial charge in [-0.05, 0) is 44.2 Å². The van der Waals surface area contributed by atoms with Crippen LogP contribution in [-0.4, -0.2) is 35.7 Å². The largest absolute Gasteiger partial charge is 0.355 e. The first kappa shape index (κ1) is 26.8. The van der Waals surface area contributed by atoms with E-state index in [9.17, 15) is 14.4 Å². The lowest BCUT2D eigenvalue weighted by molar-refractivity contribution is -0.121. The molecule has 0 radical (unpaired) electrons. The highest BCUT2D eigenvalue weighted by Crippen LogP contribution is 2.21. The third-order valence-electron chi connectivity index (χ3n) is 6.19. The molecular weight excluding hydrogens is 412 g/mol. The minimum absolute atomic E-state index is 0.210. The molecule has 0 aliphatic carbocycles. The van der Waals surface area contributed by atoms with Crippen LogP contribution in [0, 0.1) is 0 Å². The second-order valence-corrected chi connectivity index (χ2v) is 9.03. The fraction of sp³-hybridized carbons (Fsp3) is 0.607.